The highest BCUT2D eigenvalue weighted by molar-refractivity contribution is 5.84. The molecule has 0 bridgehead atoms. The minimum absolute atomic E-state index is 0.193. The molecule has 0 radical (unpaired) electrons. The summed E-state index contributed by atoms with van der Waals surface area (Å²) in [7, 11) is 1.66. The van der Waals surface area contributed by atoms with Gasteiger partial charge in [-0.1, -0.05) is 30.3 Å². The molecule has 0 aliphatic carbocycles. The molecule has 4 rings (SSSR count). The zero-order chi connectivity index (χ0) is 24.1. The third-order valence-corrected chi connectivity index (χ3v) is 5.82. The molecule has 1 aromatic heterocycles. The molecule has 0 saturated carbocycles. The first-order valence-corrected chi connectivity index (χ1v) is 11.1. The van der Waals surface area contributed by atoms with Gasteiger partial charge < -0.3 is 4.74 Å². The lowest BCUT2D eigenvalue weighted by Crippen LogP contribution is -2.01. The number of halogens is 4. The lowest BCUT2D eigenvalue weighted by molar-refractivity contribution is 0.202. The van der Waals surface area contributed by atoms with Crippen molar-refractivity contribution in [1.29, 1.82) is 0 Å². The van der Waals surface area contributed by atoms with Gasteiger partial charge in [0.25, 0.3) is 0 Å². The second-order valence-corrected chi connectivity index (χ2v) is 8.22. The average Bonchev–Trinajstić information content (AvgIpc) is 2.85. The van der Waals surface area contributed by atoms with Crippen LogP contribution in [0.2, 0.25) is 0 Å². The zero-order valence-electron chi connectivity index (χ0n) is 18.8. The van der Waals surface area contributed by atoms with Gasteiger partial charge in [-0.15, -0.1) is 0 Å². The maximum Gasteiger partial charge on any atom is 0.194 e. The van der Waals surface area contributed by atoms with Gasteiger partial charge in [-0.3, -0.25) is 0 Å². The van der Waals surface area contributed by atoms with Crippen LogP contribution >= 0.6 is 0 Å². The highest BCUT2D eigenvalue weighted by Crippen LogP contribution is 2.25. The number of fused-ring (bicyclic) bond motifs is 1. The second kappa shape index (κ2) is 10.7. The summed E-state index contributed by atoms with van der Waals surface area (Å²) in [6.07, 6.45) is 6.22. The third kappa shape index (κ3) is 5.59. The Labute approximate surface area is 195 Å². The van der Waals surface area contributed by atoms with Gasteiger partial charge in [-0.05, 0) is 65.5 Å². The largest absolute Gasteiger partial charge is 0.384 e. The van der Waals surface area contributed by atoms with Crippen molar-refractivity contribution in [3.05, 3.63) is 106 Å². The SMILES string of the molecule is COCCc1cnc(CCc2ccc3c(F)c(CCc4cc(F)c(F)c(F)c4)ccc3c2)nc1. The van der Waals surface area contributed by atoms with Crippen molar-refractivity contribution < 1.29 is 22.3 Å². The van der Waals surface area contributed by atoms with Crippen molar-refractivity contribution in [1.82, 2.24) is 9.97 Å². The van der Waals surface area contributed by atoms with E-state index in [1.165, 1.54) is 0 Å². The first kappa shape index (κ1) is 23.8. The summed E-state index contributed by atoms with van der Waals surface area (Å²) in [5, 5.41) is 1.25. The number of methoxy groups -OCH3 is 1. The number of aromatic nitrogens is 2. The summed E-state index contributed by atoms with van der Waals surface area (Å²) in [5.74, 6) is -3.59. The van der Waals surface area contributed by atoms with Crippen LogP contribution in [0, 0.1) is 23.3 Å². The molecule has 0 spiro atoms. The molecule has 0 amide bonds. The Morgan fingerprint density at radius 1 is 0.676 bits per heavy atom. The first-order valence-electron chi connectivity index (χ1n) is 11.1. The second-order valence-electron chi connectivity index (χ2n) is 8.22. The molecule has 0 atom stereocenters. The number of benzene rings is 3. The Morgan fingerprint density at radius 2 is 1.38 bits per heavy atom. The molecule has 7 heteroatoms. The molecule has 0 aliphatic heterocycles. The van der Waals surface area contributed by atoms with Crippen molar-refractivity contribution >= 4 is 10.8 Å². The Morgan fingerprint density at radius 3 is 2.09 bits per heavy atom. The molecular weight excluding hydrogens is 444 g/mol. The number of hydrogen-bond acceptors (Lipinski definition) is 3. The monoisotopic (exact) mass is 468 g/mol. The Hall–Kier alpha value is -3.32. The van der Waals surface area contributed by atoms with E-state index in [2.05, 4.69) is 9.97 Å². The maximum absolute atomic E-state index is 15.1. The van der Waals surface area contributed by atoms with Crippen LogP contribution in [0.4, 0.5) is 17.6 Å². The van der Waals surface area contributed by atoms with Crippen LogP contribution in [0.3, 0.4) is 0 Å². The molecule has 1 heterocycles. The highest BCUT2D eigenvalue weighted by Gasteiger charge is 2.13. The van der Waals surface area contributed by atoms with Gasteiger partial charge in [0.15, 0.2) is 17.5 Å². The molecule has 34 heavy (non-hydrogen) atoms. The number of ether oxygens (including phenoxy) is 1. The van der Waals surface area contributed by atoms with E-state index in [0.29, 0.717) is 24.0 Å². The summed E-state index contributed by atoms with van der Waals surface area (Å²) >= 11 is 0. The molecule has 0 N–H and O–H groups in total. The van der Waals surface area contributed by atoms with Crippen molar-refractivity contribution in [3.8, 4) is 0 Å². The van der Waals surface area contributed by atoms with Crippen LogP contribution in [0.15, 0.2) is 54.9 Å². The standard InChI is InChI=1S/C27H24F4N2O/c1-34-11-10-19-15-32-25(33-16-19)9-4-17-3-8-22-21(12-17)7-6-20(26(22)30)5-2-18-13-23(28)27(31)24(29)14-18/h3,6-8,12-16H,2,4-5,9-11H2,1H3. The average molecular weight is 468 g/mol. The van der Waals surface area contributed by atoms with Crippen LogP contribution in [-0.2, 0) is 36.8 Å². The minimum Gasteiger partial charge on any atom is -0.384 e. The lowest BCUT2D eigenvalue weighted by Gasteiger charge is -2.09. The van der Waals surface area contributed by atoms with Gasteiger partial charge in [0.1, 0.15) is 11.6 Å². The van der Waals surface area contributed by atoms with Gasteiger partial charge in [-0.25, -0.2) is 27.5 Å². The quantitative estimate of drug-likeness (QED) is 0.225. The van der Waals surface area contributed by atoms with E-state index >= 15 is 4.39 Å². The van der Waals surface area contributed by atoms with Crippen LogP contribution in [0.5, 0.6) is 0 Å². The molecule has 176 valence electrons. The van der Waals surface area contributed by atoms with Gasteiger partial charge in [-0.2, -0.15) is 0 Å². The summed E-state index contributed by atoms with van der Waals surface area (Å²) in [6, 6.07) is 11.0. The molecule has 0 saturated heterocycles. The van der Waals surface area contributed by atoms with E-state index in [9.17, 15) is 13.2 Å². The molecule has 3 nitrogen and oxygen atoms in total. The molecule has 0 aliphatic rings. The molecule has 3 aromatic carbocycles. The highest BCUT2D eigenvalue weighted by atomic mass is 19.2. The predicted molar refractivity (Wildman–Crippen MR) is 123 cm³/mol. The Bertz CT molecular complexity index is 1270. The maximum atomic E-state index is 15.1. The van der Waals surface area contributed by atoms with Crippen LogP contribution < -0.4 is 0 Å². The van der Waals surface area contributed by atoms with Gasteiger partial charge >= 0.3 is 0 Å². The number of aryl methyl sites for hydroxylation is 4. The minimum atomic E-state index is -1.50. The Kier molecular flexibility index (Phi) is 7.53. The number of hydrogen-bond donors (Lipinski definition) is 0. The summed E-state index contributed by atoms with van der Waals surface area (Å²) in [5.41, 5.74) is 2.79. The van der Waals surface area contributed by atoms with E-state index in [-0.39, 0.29) is 24.2 Å². The fraction of sp³-hybridized carbons (Fsp3) is 0.259. The third-order valence-electron chi connectivity index (χ3n) is 5.82. The van der Waals surface area contributed by atoms with Crippen molar-refractivity contribution in [2.45, 2.75) is 32.1 Å². The van der Waals surface area contributed by atoms with Gasteiger partial charge in [0.2, 0.25) is 0 Å². The Balaban J connectivity index is 1.42. The van der Waals surface area contributed by atoms with Gasteiger partial charge in [0, 0.05) is 31.3 Å². The fourth-order valence-corrected chi connectivity index (χ4v) is 3.88. The van der Waals surface area contributed by atoms with Crippen LogP contribution in [0.25, 0.3) is 10.8 Å². The van der Waals surface area contributed by atoms with E-state index in [4.69, 9.17) is 4.74 Å². The van der Waals surface area contributed by atoms with E-state index in [1.54, 1.807) is 19.2 Å². The fourth-order valence-electron chi connectivity index (χ4n) is 3.88. The van der Waals surface area contributed by atoms with E-state index in [0.717, 1.165) is 47.3 Å². The van der Waals surface area contributed by atoms with Crippen LogP contribution in [-0.4, -0.2) is 23.7 Å². The number of rotatable bonds is 9. The van der Waals surface area contributed by atoms with E-state index in [1.807, 2.05) is 30.6 Å². The first-order chi connectivity index (χ1) is 16.4. The topological polar surface area (TPSA) is 35.0 Å². The van der Waals surface area contributed by atoms with Crippen molar-refractivity contribution in [2.75, 3.05) is 13.7 Å². The predicted octanol–water partition coefficient (Wildman–Crippen LogP) is 5.95. The summed E-state index contributed by atoms with van der Waals surface area (Å²) in [4.78, 5) is 8.80. The van der Waals surface area contributed by atoms with Gasteiger partial charge in [0.05, 0.1) is 6.61 Å². The summed E-state index contributed by atoms with van der Waals surface area (Å²) < 4.78 is 60.1. The normalized spacial score (nSPS) is 11.3. The van der Waals surface area contributed by atoms with Crippen molar-refractivity contribution in [3.63, 3.8) is 0 Å². The molecular formula is C27H24F4N2O. The molecule has 0 unspecified atom stereocenters. The van der Waals surface area contributed by atoms with Crippen molar-refractivity contribution in [2.24, 2.45) is 0 Å². The summed E-state index contributed by atoms with van der Waals surface area (Å²) in [6.45, 7) is 0.626. The lowest BCUT2D eigenvalue weighted by atomic mass is 9.98. The molecule has 0 fully saturated rings. The van der Waals surface area contributed by atoms with Crippen LogP contribution in [0.1, 0.15) is 28.1 Å². The number of nitrogens with zero attached hydrogens (tertiary/aromatic N) is 2. The smallest absolute Gasteiger partial charge is 0.194 e. The zero-order valence-corrected chi connectivity index (χ0v) is 18.8. The molecule has 4 aromatic rings. The van der Waals surface area contributed by atoms with E-state index < -0.39 is 17.5 Å².